The number of amides is 2. The van der Waals surface area contributed by atoms with Crippen molar-refractivity contribution in [3.8, 4) is 0 Å². The Morgan fingerprint density at radius 3 is 2.76 bits per heavy atom. The van der Waals surface area contributed by atoms with Gasteiger partial charge in [0.15, 0.2) is 5.13 Å². The van der Waals surface area contributed by atoms with Gasteiger partial charge in [-0.1, -0.05) is 0 Å². The molecule has 2 aromatic heterocycles. The number of aryl methyl sites for hydroxylation is 3. The average Bonchev–Trinajstić information content (AvgIpc) is 3.18. The van der Waals surface area contributed by atoms with Gasteiger partial charge in [-0.05, 0) is 42.7 Å². The maximum absolute atomic E-state index is 11.0. The molecule has 4 N–H and O–H groups in total. The molecular weight excluding hydrogens is 384 g/mol. The standard InChI is InChI=1S/C15H20N4O3S2.ClH/c1-10(20)17-14-18-12(9-24-14)5-4-11-7-13(23-8-11)3-2-6-22-15(21)19-16;/h7-9H,2-6,16H2,1H3,(H,19,21)(H,17,18,20);1H. The van der Waals surface area contributed by atoms with E-state index in [2.05, 4.69) is 21.7 Å². The van der Waals surface area contributed by atoms with E-state index in [4.69, 9.17) is 10.6 Å². The molecule has 0 saturated carbocycles. The molecule has 0 aromatic carbocycles. The molecule has 10 heteroatoms. The second-order valence-electron chi connectivity index (χ2n) is 5.13. The SMILES string of the molecule is CC(=O)Nc1nc(CCc2csc(CCCOC(=O)NN)c2)cs1.Cl. The van der Waals surface area contributed by atoms with E-state index in [1.54, 1.807) is 11.3 Å². The summed E-state index contributed by atoms with van der Waals surface area (Å²) in [6.45, 7) is 1.82. The van der Waals surface area contributed by atoms with Crippen molar-refractivity contribution >= 4 is 52.2 Å². The van der Waals surface area contributed by atoms with Gasteiger partial charge in [0.2, 0.25) is 5.91 Å². The number of carbonyl (C=O) groups excluding carboxylic acids is 2. The number of thiophene rings is 1. The van der Waals surface area contributed by atoms with Crippen LogP contribution in [0.1, 0.15) is 29.5 Å². The maximum Gasteiger partial charge on any atom is 0.421 e. The normalized spacial score (nSPS) is 10.0. The molecule has 0 aliphatic rings. The molecule has 2 heterocycles. The van der Waals surface area contributed by atoms with Crippen LogP contribution in [0.3, 0.4) is 0 Å². The molecule has 2 aromatic rings. The molecule has 0 aliphatic heterocycles. The van der Waals surface area contributed by atoms with E-state index in [9.17, 15) is 9.59 Å². The lowest BCUT2D eigenvalue weighted by atomic mass is 10.1. The van der Waals surface area contributed by atoms with E-state index in [1.165, 1.54) is 28.7 Å². The number of thiazole rings is 1. The fourth-order valence-corrected chi connectivity index (χ4v) is 3.80. The molecule has 7 nitrogen and oxygen atoms in total. The third-order valence-corrected chi connectivity index (χ3v) is 4.98. The minimum absolute atomic E-state index is 0. The molecule has 0 spiro atoms. The smallest absolute Gasteiger partial charge is 0.421 e. The second kappa shape index (κ2) is 11.0. The zero-order chi connectivity index (χ0) is 17.4. The number of nitrogens with two attached hydrogens (primary N) is 1. The van der Waals surface area contributed by atoms with Crippen molar-refractivity contribution in [2.75, 3.05) is 11.9 Å². The van der Waals surface area contributed by atoms with Crippen molar-refractivity contribution < 1.29 is 14.3 Å². The number of halogens is 1. The van der Waals surface area contributed by atoms with E-state index in [0.717, 1.165) is 31.4 Å². The van der Waals surface area contributed by atoms with Crippen LogP contribution in [-0.2, 0) is 28.8 Å². The Hall–Kier alpha value is -1.68. The van der Waals surface area contributed by atoms with E-state index < -0.39 is 6.09 Å². The van der Waals surface area contributed by atoms with Gasteiger partial charge in [-0.3, -0.25) is 10.2 Å². The summed E-state index contributed by atoms with van der Waals surface area (Å²) in [4.78, 5) is 27.5. The van der Waals surface area contributed by atoms with Gasteiger partial charge in [0.25, 0.3) is 0 Å². The van der Waals surface area contributed by atoms with Crippen LogP contribution in [0.25, 0.3) is 0 Å². The Morgan fingerprint density at radius 2 is 2.04 bits per heavy atom. The molecule has 0 radical (unpaired) electrons. The fraction of sp³-hybridized carbons (Fsp3) is 0.400. The predicted molar refractivity (Wildman–Crippen MR) is 102 cm³/mol. The number of anilines is 1. The molecule has 0 unspecified atom stereocenters. The summed E-state index contributed by atoms with van der Waals surface area (Å²) in [5.41, 5.74) is 4.18. The number of nitrogens with one attached hydrogen (secondary N) is 2. The van der Waals surface area contributed by atoms with Gasteiger partial charge in [-0.15, -0.1) is 35.1 Å². The summed E-state index contributed by atoms with van der Waals surface area (Å²) in [7, 11) is 0. The summed E-state index contributed by atoms with van der Waals surface area (Å²) < 4.78 is 4.85. The van der Waals surface area contributed by atoms with Crippen LogP contribution in [0.15, 0.2) is 16.8 Å². The van der Waals surface area contributed by atoms with Crippen LogP contribution in [0.5, 0.6) is 0 Å². The summed E-state index contributed by atoms with van der Waals surface area (Å²) >= 11 is 3.15. The Bertz CT molecular complexity index is 690. The Labute approximate surface area is 160 Å². The molecule has 0 saturated heterocycles. The minimum Gasteiger partial charge on any atom is -0.449 e. The van der Waals surface area contributed by atoms with E-state index >= 15 is 0 Å². The lowest BCUT2D eigenvalue weighted by Gasteiger charge is -2.02. The highest BCUT2D eigenvalue weighted by Crippen LogP contribution is 2.20. The summed E-state index contributed by atoms with van der Waals surface area (Å²) in [6.07, 6.45) is 2.77. The topological polar surface area (TPSA) is 106 Å². The minimum atomic E-state index is -0.608. The van der Waals surface area contributed by atoms with Crippen molar-refractivity contribution in [3.05, 3.63) is 33.0 Å². The van der Waals surface area contributed by atoms with Crippen LogP contribution in [-0.4, -0.2) is 23.6 Å². The van der Waals surface area contributed by atoms with Gasteiger partial charge in [-0.2, -0.15) is 0 Å². The van der Waals surface area contributed by atoms with Gasteiger partial charge < -0.3 is 10.1 Å². The van der Waals surface area contributed by atoms with Crippen LogP contribution in [0, 0.1) is 0 Å². The molecule has 0 fully saturated rings. The van der Waals surface area contributed by atoms with Crippen molar-refractivity contribution in [2.24, 2.45) is 5.84 Å². The first-order valence-corrected chi connectivity index (χ1v) is 9.24. The molecular formula is C15H21ClN4O3S2. The lowest BCUT2D eigenvalue weighted by Crippen LogP contribution is -2.30. The largest absolute Gasteiger partial charge is 0.449 e. The zero-order valence-electron chi connectivity index (χ0n) is 13.7. The Balaban J connectivity index is 0.00000312. The number of rotatable bonds is 8. The maximum atomic E-state index is 11.0. The molecule has 0 atom stereocenters. The van der Waals surface area contributed by atoms with Gasteiger partial charge in [0.1, 0.15) is 0 Å². The lowest BCUT2D eigenvalue weighted by molar-refractivity contribution is -0.114. The first kappa shape index (κ1) is 21.4. The van der Waals surface area contributed by atoms with Crippen LogP contribution in [0.2, 0.25) is 0 Å². The Morgan fingerprint density at radius 1 is 1.24 bits per heavy atom. The predicted octanol–water partition coefficient (Wildman–Crippen LogP) is 2.90. The fourth-order valence-electron chi connectivity index (χ4n) is 2.04. The highest BCUT2D eigenvalue weighted by molar-refractivity contribution is 7.13. The van der Waals surface area contributed by atoms with E-state index in [0.29, 0.717) is 11.7 Å². The monoisotopic (exact) mass is 404 g/mol. The summed E-state index contributed by atoms with van der Waals surface area (Å²) in [6, 6.07) is 2.18. The average molecular weight is 405 g/mol. The van der Waals surface area contributed by atoms with Crippen molar-refractivity contribution in [3.63, 3.8) is 0 Å². The van der Waals surface area contributed by atoms with E-state index in [-0.39, 0.29) is 18.3 Å². The van der Waals surface area contributed by atoms with Gasteiger partial charge >= 0.3 is 6.09 Å². The number of ether oxygens (including phenoxy) is 1. The van der Waals surface area contributed by atoms with Crippen molar-refractivity contribution in [2.45, 2.75) is 32.6 Å². The van der Waals surface area contributed by atoms with Crippen LogP contribution < -0.4 is 16.6 Å². The number of aromatic nitrogens is 1. The summed E-state index contributed by atoms with van der Waals surface area (Å²) in [5, 5.41) is 7.45. The summed E-state index contributed by atoms with van der Waals surface area (Å²) in [5.74, 6) is 4.82. The number of hydrazine groups is 1. The molecule has 0 aliphatic carbocycles. The first-order chi connectivity index (χ1) is 11.6. The molecule has 2 rings (SSSR count). The highest BCUT2D eigenvalue weighted by Gasteiger charge is 2.06. The van der Waals surface area contributed by atoms with Crippen LogP contribution in [0.4, 0.5) is 9.93 Å². The quantitative estimate of drug-likeness (QED) is 0.271. The van der Waals surface area contributed by atoms with E-state index in [1.807, 2.05) is 10.8 Å². The van der Waals surface area contributed by atoms with Crippen LogP contribution >= 0.6 is 35.1 Å². The molecule has 0 bridgehead atoms. The third kappa shape index (κ3) is 7.82. The number of hydrogen-bond acceptors (Lipinski definition) is 7. The van der Waals surface area contributed by atoms with Gasteiger partial charge in [0.05, 0.1) is 12.3 Å². The molecule has 2 amide bonds. The first-order valence-electron chi connectivity index (χ1n) is 7.48. The Kier molecular flexibility index (Phi) is 9.43. The zero-order valence-corrected chi connectivity index (χ0v) is 16.2. The second-order valence-corrected chi connectivity index (χ2v) is 6.98. The third-order valence-electron chi connectivity index (χ3n) is 3.13. The number of nitrogens with zero attached hydrogens (tertiary/aromatic N) is 1. The van der Waals surface area contributed by atoms with Crippen molar-refractivity contribution in [1.29, 1.82) is 0 Å². The van der Waals surface area contributed by atoms with Gasteiger partial charge in [0, 0.05) is 17.2 Å². The molecule has 25 heavy (non-hydrogen) atoms. The molecule has 138 valence electrons. The highest BCUT2D eigenvalue weighted by atomic mass is 35.5. The van der Waals surface area contributed by atoms with Gasteiger partial charge in [-0.25, -0.2) is 15.6 Å². The van der Waals surface area contributed by atoms with Crippen molar-refractivity contribution in [1.82, 2.24) is 10.4 Å². The number of hydrogen-bond donors (Lipinski definition) is 3. The number of carbonyl (C=O) groups is 2.